The number of piperidine rings is 1. The Hall–Kier alpha value is -2.94. The van der Waals surface area contributed by atoms with Crippen LogP contribution < -0.4 is 10.5 Å². The third-order valence-corrected chi connectivity index (χ3v) is 5.52. The van der Waals surface area contributed by atoms with E-state index in [4.69, 9.17) is 15.2 Å². The molecule has 1 saturated heterocycles. The van der Waals surface area contributed by atoms with E-state index < -0.39 is 5.97 Å². The maximum absolute atomic E-state index is 12.2. The molecule has 0 atom stereocenters. The summed E-state index contributed by atoms with van der Waals surface area (Å²) in [6.45, 7) is 0.514. The van der Waals surface area contributed by atoms with Crippen LogP contribution in [-0.2, 0) is 14.3 Å². The number of benzene rings is 1. The second kappa shape index (κ2) is 8.83. The molecule has 0 radical (unpaired) electrons. The molecular formula is C19H21N3O5S. The van der Waals surface area contributed by atoms with Crippen LogP contribution in [0.1, 0.15) is 23.3 Å². The maximum Gasteiger partial charge on any atom is 0.358 e. The molecule has 148 valence electrons. The number of nitrogens with two attached hydrogens (primary N) is 1. The van der Waals surface area contributed by atoms with E-state index in [1.54, 1.807) is 17.4 Å². The molecule has 1 aromatic heterocycles. The van der Waals surface area contributed by atoms with Crippen LogP contribution in [0.3, 0.4) is 0 Å². The number of aromatic nitrogens is 1. The number of primary amides is 1. The first kappa shape index (κ1) is 19.8. The highest BCUT2D eigenvalue weighted by Gasteiger charge is 2.26. The Balaban J connectivity index is 1.52. The fraction of sp³-hybridized carbons (Fsp3) is 0.368. The minimum absolute atomic E-state index is 0.163. The van der Waals surface area contributed by atoms with Crippen molar-refractivity contribution in [3.8, 4) is 16.3 Å². The number of amides is 2. The first-order chi connectivity index (χ1) is 13.5. The van der Waals surface area contributed by atoms with Gasteiger partial charge >= 0.3 is 5.97 Å². The van der Waals surface area contributed by atoms with Crippen molar-refractivity contribution < 1.29 is 23.9 Å². The molecule has 2 aromatic rings. The number of ether oxygens (including phenoxy) is 2. The van der Waals surface area contributed by atoms with E-state index in [9.17, 15) is 14.4 Å². The molecule has 0 aliphatic carbocycles. The van der Waals surface area contributed by atoms with Gasteiger partial charge in [-0.05, 0) is 37.1 Å². The zero-order chi connectivity index (χ0) is 20.1. The minimum Gasteiger partial charge on any atom is -0.497 e. The Bertz CT molecular complexity index is 857. The van der Waals surface area contributed by atoms with Crippen LogP contribution in [0, 0.1) is 5.92 Å². The molecule has 0 unspecified atom stereocenters. The van der Waals surface area contributed by atoms with E-state index in [0.29, 0.717) is 30.9 Å². The predicted octanol–water partition coefficient (Wildman–Crippen LogP) is 1.70. The highest BCUT2D eigenvalue weighted by molar-refractivity contribution is 7.13. The van der Waals surface area contributed by atoms with Crippen LogP contribution in [0.5, 0.6) is 5.75 Å². The fourth-order valence-electron chi connectivity index (χ4n) is 2.94. The van der Waals surface area contributed by atoms with Gasteiger partial charge in [-0.25, -0.2) is 9.78 Å². The summed E-state index contributed by atoms with van der Waals surface area (Å²) in [7, 11) is 1.59. The molecule has 1 aliphatic rings. The number of esters is 1. The number of rotatable bonds is 6. The van der Waals surface area contributed by atoms with Gasteiger partial charge in [-0.2, -0.15) is 0 Å². The molecule has 9 heteroatoms. The predicted molar refractivity (Wildman–Crippen MR) is 103 cm³/mol. The van der Waals surface area contributed by atoms with Gasteiger partial charge in [0.25, 0.3) is 5.91 Å². The van der Waals surface area contributed by atoms with E-state index in [2.05, 4.69) is 4.98 Å². The van der Waals surface area contributed by atoms with Gasteiger partial charge in [-0.15, -0.1) is 11.3 Å². The molecule has 0 spiro atoms. The number of likely N-dealkylation sites (tertiary alicyclic amines) is 1. The molecule has 2 heterocycles. The largest absolute Gasteiger partial charge is 0.497 e. The Kier molecular flexibility index (Phi) is 6.25. The average Bonchev–Trinajstić information content (AvgIpc) is 3.22. The van der Waals surface area contributed by atoms with Crippen LogP contribution >= 0.6 is 11.3 Å². The van der Waals surface area contributed by atoms with Crippen molar-refractivity contribution in [1.29, 1.82) is 0 Å². The van der Waals surface area contributed by atoms with Crippen molar-refractivity contribution in [3.63, 3.8) is 0 Å². The van der Waals surface area contributed by atoms with E-state index in [1.165, 1.54) is 11.3 Å². The van der Waals surface area contributed by atoms with Gasteiger partial charge in [-0.3, -0.25) is 9.59 Å². The Morgan fingerprint density at radius 3 is 2.50 bits per heavy atom. The Morgan fingerprint density at radius 1 is 1.21 bits per heavy atom. The summed E-state index contributed by atoms with van der Waals surface area (Å²) in [5.41, 5.74) is 6.31. The molecule has 1 aliphatic heterocycles. The zero-order valence-electron chi connectivity index (χ0n) is 15.4. The average molecular weight is 403 g/mol. The SMILES string of the molecule is COc1ccc(-c2nc(C(=O)OCC(=O)N3CCC(C(N)=O)CC3)cs2)cc1. The molecule has 3 rings (SSSR count). The zero-order valence-corrected chi connectivity index (χ0v) is 16.2. The van der Waals surface area contributed by atoms with E-state index >= 15 is 0 Å². The normalized spacial score (nSPS) is 14.5. The van der Waals surface area contributed by atoms with Gasteiger partial charge in [0.1, 0.15) is 10.8 Å². The number of methoxy groups -OCH3 is 1. The van der Waals surface area contributed by atoms with Crippen molar-refractivity contribution in [2.75, 3.05) is 26.8 Å². The van der Waals surface area contributed by atoms with Gasteiger partial charge in [0.05, 0.1) is 7.11 Å². The maximum atomic E-state index is 12.2. The molecule has 1 fully saturated rings. The monoisotopic (exact) mass is 403 g/mol. The number of hydrogen-bond donors (Lipinski definition) is 1. The third-order valence-electron chi connectivity index (χ3n) is 4.63. The molecule has 2 amide bonds. The van der Waals surface area contributed by atoms with Crippen molar-refractivity contribution in [1.82, 2.24) is 9.88 Å². The Morgan fingerprint density at radius 2 is 1.89 bits per heavy atom. The molecule has 0 saturated carbocycles. The van der Waals surface area contributed by atoms with Gasteiger partial charge < -0.3 is 20.1 Å². The van der Waals surface area contributed by atoms with Gasteiger partial charge in [0, 0.05) is 30.0 Å². The standard InChI is InChI=1S/C19H21N3O5S/c1-26-14-4-2-13(3-5-14)18-21-15(11-28-18)19(25)27-10-16(23)22-8-6-12(7-9-22)17(20)24/h2-5,11-12H,6-10H2,1H3,(H2,20,24). The molecule has 8 nitrogen and oxygen atoms in total. The summed E-state index contributed by atoms with van der Waals surface area (Å²) >= 11 is 1.32. The van der Waals surface area contributed by atoms with Crippen molar-refractivity contribution in [2.24, 2.45) is 11.7 Å². The van der Waals surface area contributed by atoms with Crippen LogP contribution in [-0.4, -0.2) is 54.5 Å². The number of thiazole rings is 1. The van der Waals surface area contributed by atoms with Crippen LogP contribution in [0.15, 0.2) is 29.6 Å². The van der Waals surface area contributed by atoms with E-state index in [-0.39, 0.29) is 30.0 Å². The molecule has 0 bridgehead atoms. The second-order valence-corrected chi connectivity index (χ2v) is 7.26. The number of carbonyl (C=O) groups is 3. The van der Waals surface area contributed by atoms with Crippen molar-refractivity contribution in [3.05, 3.63) is 35.3 Å². The number of carbonyl (C=O) groups excluding carboxylic acids is 3. The van der Waals surface area contributed by atoms with Crippen molar-refractivity contribution >= 4 is 29.1 Å². The third kappa shape index (κ3) is 4.66. The lowest BCUT2D eigenvalue weighted by atomic mass is 9.96. The summed E-state index contributed by atoms with van der Waals surface area (Å²) in [5.74, 6) is -0.732. The van der Waals surface area contributed by atoms with E-state index in [0.717, 1.165) is 11.3 Å². The summed E-state index contributed by atoms with van der Waals surface area (Å²) in [6, 6.07) is 7.33. The van der Waals surface area contributed by atoms with Gasteiger partial charge in [-0.1, -0.05) is 0 Å². The summed E-state index contributed by atoms with van der Waals surface area (Å²) in [6.07, 6.45) is 1.07. The summed E-state index contributed by atoms with van der Waals surface area (Å²) in [4.78, 5) is 41.4. The lowest BCUT2D eigenvalue weighted by Gasteiger charge is -2.30. The highest BCUT2D eigenvalue weighted by atomic mass is 32.1. The fourth-order valence-corrected chi connectivity index (χ4v) is 3.74. The quantitative estimate of drug-likeness (QED) is 0.735. The number of hydrogen-bond acceptors (Lipinski definition) is 7. The Labute approximate surface area is 166 Å². The molecule has 28 heavy (non-hydrogen) atoms. The number of nitrogens with zero attached hydrogens (tertiary/aromatic N) is 2. The van der Waals surface area contributed by atoms with Gasteiger partial charge in [0.15, 0.2) is 12.3 Å². The first-order valence-corrected chi connectivity index (χ1v) is 9.70. The van der Waals surface area contributed by atoms with Crippen LogP contribution in [0.2, 0.25) is 0 Å². The molecular weight excluding hydrogens is 382 g/mol. The lowest BCUT2D eigenvalue weighted by Crippen LogP contribution is -2.43. The topological polar surface area (TPSA) is 112 Å². The lowest BCUT2D eigenvalue weighted by molar-refractivity contribution is -0.137. The van der Waals surface area contributed by atoms with Gasteiger partial charge in [0.2, 0.25) is 5.91 Å². The summed E-state index contributed by atoms with van der Waals surface area (Å²) in [5, 5.41) is 2.28. The van der Waals surface area contributed by atoms with Crippen LogP contribution in [0.25, 0.3) is 10.6 Å². The van der Waals surface area contributed by atoms with Crippen LogP contribution in [0.4, 0.5) is 0 Å². The molecule has 1 aromatic carbocycles. The first-order valence-electron chi connectivity index (χ1n) is 8.82. The summed E-state index contributed by atoms with van der Waals surface area (Å²) < 4.78 is 10.2. The van der Waals surface area contributed by atoms with E-state index in [1.807, 2.05) is 24.3 Å². The smallest absolute Gasteiger partial charge is 0.358 e. The molecule has 2 N–H and O–H groups in total. The van der Waals surface area contributed by atoms with Crippen molar-refractivity contribution in [2.45, 2.75) is 12.8 Å². The minimum atomic E-state index is -0.642. The second-order valence-electron chi connectivity index (χ2n) is 6.40. The highest BCUT2D eigenvalue weighted by Crippen LogP contribution is 2.26.